The average Bonchev–Trinajstić information content (AvgIpc) is 2.99. The van der Waals surface area contributed by atoms with Crippen LogP contribution in [0.15, 0.2) is 18.2 Å². The molecule has 0 N–H and O–H groups in total. The van der Waals surface area contributed by atoms with Gasteiger partial charge in [-0.25, -0.2) is 0 Å². The van der Waals surface area contributed by atoms with Crippen LogP contribution in [-0.2, 0) is 4.74 Å². The molecule has 1 aromatic rings. The molecular formula is C9H8NO4. The smallest absolute Gasteiger partial charge is 0.281 e. The highest BCUT2D eigenvalue weighted by Gasteiger charge is 2.23. The van der Waals surface area contributed by atoms with Crippen molar-refractivity contribution in [2.24, 2.45) is 0 Å². The Morgan fingerprint density at radius 2 is 2.50 bits per heavy atom. The van der Waals surface area contributed by atoms with Crippen LogP contribution in [-0.4, -0.2) is 24.2 Å². The second kappa shape index (κ2) is 3.63. The lowest BCUT2D eigenvalue weighted by atomic mass is 10.3. The Hall–Kier alpha value is -1.62. The zero-order chi connectivity index (χ0) is 9.97. The number of hydrogen-bond donors (Lipinski definition) is 0. The van der Waals surface area contributed by atoms with Crippen molar-refractivity contribution in [1.82, 2.24) is 0 Å². The van der Waals surface area contributed by atoms with Crippen LogP contribution in [0.3, 0.4) is 0 Å². The van der Waals surface area contributed by atoms with Gasteiger partial charge in [0.25, 0.3) is 5.69 Å². The van der Waals surface area contributed by atoms with E-state index in [1.807, 2.05) is 0 Å². The van der Waals surface area contributed by atoms with E-state index in [-0.39, 0.29) is 11.8 Å². The number of nitro groups is 1. The summed E-state index contributed by atoms with van der Waals surface area (Å²) in [6.45, 7) is 1.13. The molecule has 0 aliphatic carbocycles. The van der Waals surface area contributed by atoms with Crippen LogP contribution in [0.25, 0.3) is 0 Å². The van der Waals surface area contributed by atoms with E-state index < -0.39 is 4.92 Å². The van der Waals surface area contributed by atoms with Gasteiger partial charge in [0.15, 0.2) is 0 Å². The fourth-order valence-corrected chi connectivity index (χ4v) is 0.974. The molecule has 14 heavy (non-hydrogen) atoms. The molecule has 0 spiro atoms. The molecule has 73 valence electrons. The second-order valence-electron chi connectivity index (χ2n) is 2.92. The van der Waals surface area contributed by atoms with Crippen molar-refractivity contribution in [2.45, 2.75) is 6.10 Å². The number of non-ortho nitro benzene ring substituents is 1. The van der Waals surface area contributed by atoms with Gasteiger partial charge in [0, 0.05) is 6.07 Å². The van der Waals surface area contributed by atoms with E-state index in [0.717, 1.165) is 0 Å². The summed E-state index contributed by atoms with van der Waals surface area (Å²) in [5, 5.41) is 10.4. The molecule has 1 radical (unpaired) electrons. The maximum Gasteiger partial charge on any atom is 0.281 e. The van der Waals surface area contributed by atoms with Crippen LogP contribution in [0, 0.1) is 16.2 Å². The maximum atomic E-state index is 10.4. The summed E-state index contributed by atoms with van der Waals surface area (Å²) in [5.41, 5.74) is -0.0841. The Kier molecular flexibility index (Phi) is 2.32. The van der Waals surface area contributed by atoms with Crippen molar-refractivity contribution >= 4 is 5.69 Å². The van der Waals surface area contributed by atoms with Gasteiger partial charge in [-0.15, -0.1) is 0 Å². The molecule has 1 heterocycles. The monoisotopic (exact) mass is 194 g/mol. The highest BCUT2D eigenvalue weighted by atomic mass is 16.6. The summed E-state index contributed by atoms with van der Waals surface area (Å²) < 4.78 is 10.2. The van der Waals surface area contributed by atoms with Crippen molar-refractivity contribution in [2.75, 3.05) is 13.2 Å². The van der Waals surface area contributed by atoms with Gasteiger partial charge in [-0.3, -0.25) is 10.1 Å². The normalized spacial score (nSPS) is 19.0. The molecule has 1 aliphatic rings. The van der Waals surface area contributed by atoms with Crippen molar-refractivity contribution in [1.29, 1.82) is 0 Å². The number of rotatable bonds is 4. The third-order valence-corrected chi connectivity index (χ3v) is 1.78. The average molecular weight is 194 g/mol. The van der Waals surface area contributed by atoms with Crippen LogP contribution in [0.4, 0.5) is 5.69 Å². The Morgan fingerprint density at radius 3 is 3.14 bits per heavy atom. The molecule has 1 aromatic carbocycles. The fourth-order valence-electron chi connectivity index (χ4n) is 0.974. The molecular weight excluding hydrogens is 186 g/mol. The lowest BCUT2D eigenvalue weighted by Gasteiger charge is -2.02. The SMILES string of the molecule is O=[N+]([O-])c1[c]c(OCC2CO2)ccc1. The van der Waals surface area contributed by atoms with Gasteiger partial charge < -0.3 is 9.47 Å². The summed E-state index contributed by atoms with van der Waals surface area (Å²) in [6, 6.07) is 7.13. The molecule has 0 aromatic heterocycles. The van der Waals surface area contributed by atoms with E-state index in [2.05, 4.69) is 6.07 Å². The Bertz CT molecular complexity index is 348. The van der Waals surface area contributed by atoms with Gasteiger partial charge in [-0.1, -0.05) is 6.07 Å². The predicted octanol–water partition coefficient (Wildman–Crippen LogP) is 1.17. The van der Waals surface area contributed by atoms with E-state index in [1.54, 1.807) is 12.1 Å². The van der Waals surface area contributed by atoms with Crippen LogP contribution >= 0.6 is 0 Å². The van der Waals surface area contributed by atoms with E-state index in [1.165, 1.54) is 6.07 Å². The van der Waals surface area contributed by atoms with Crippen LogP contribution in [0.1, 0.15) is 0 Å². The van der Waals surface area contributed by atoms with Gasteiger partial charge in [0.2, 0.25) is 0 Å². The van der Waals surface area contributed by atoms with Crippen molar-refractivity contribution in [3.05, 3.63) is 34.4 Å². The zero-order valence-corrected chi connectivity index (χ0v) is 7.30. The summed E-state index contributed by atoms with van der Waals surface area (Å²) in [6.07, 6.45) is 0.141. The molecule has 5 nitrogen and oxygen atoms in total. The van der Waals surface area contributed by atoms with E-state index in [0.29, 0.717) is 19.0 Å². The number of nitrogens with zero attached hydrogens (tertiary/aromatic N) is 1. The molecule has 0 amide bonds. The lowest BCUT2D eigenvalue weighted by Crippen LogP contribution is -2.04. The van der Waals surface area contributed by atoms with Crippen molar-refractivity contribution < 1.29 is 14.4 Å². The Balaban J connectivity index is 2.01. The summed E-state index contributed by atoms with van der Waals surface area (Å²) in [4.78, 5) is 9.90. The quantitative estimate of drug-likeness (QED) is 0.410. The molecule has 1 fully saturated rings. The first-order valence-corrected chi connectivity index (χ1v) is 4.17. The van der Waals surface area contributed by atoms with E-state index in [9.17, 15) is 10.1 Å². The van der Waals surface area contributed by atoms with Gasteiger partial charge in [-0.2, -0.15) is 0 Å². The third kappa shape index (κ3) is 2.20. The summed E-state index contributed by atoms with van der Waals surface area (Å²) >= 11 is 0. The third-order valence-electron chi connectivity index (χ3n) is 1.78. The molecule has 1 saturated heterocycles. The first-order valence-electron chi connectivity index (χ1n) is 4.17. The number of ether oxygens (including phenoxy) is 2. The molecule has 5 heteroatoms. The molecule has 1 aliphatic heterocycles. The molecule has 1 unspecified atom stereocenters. The zero-order valence-electron chi connectivity index (χ0n) is 7.30. The molecule has 2 rings (SSSR count). The Morgan fingerprint density at radius 1 is 1.71 bits per heavy atom. The van der Waals surface area contributed by atoms with Crippen LogP contribution in [0.2, 0.25) is 0 Å². The highest BCUT2D eigenvalue weighted by molar-refractivity contribution is 5.36. The minimum Gasteiger partial charge on any atom is -0.490 e. The molecule has 1 atom stereocenters. The largest absolute Gasteiger partial charge is 0.490 e. The second-order valence-corrected chi connectivity index (χ2v) is 2.92. The maximum absolute atomic E-state index is 10.4. The summed E-state index contributed by atoms with van der Waals surface area (Å²) in [5.74, 6) is 0.384. The standard InChI is InChI=1S/C9H8NO4/c11-10(12)7-2-1-3-8(4-7)13-5-9-6-14-9/h1-3,9H,5-6H2. The first-order chi connectivity index (χ1) is 6.75. The van der Waals surface area contributed by atoms with Crippen molar-refractivity contribution in [3.63, 3.8) is 0 Å². The highest BCUT2D eigenvalue weighted by Crippen LogP contribution is 2.19. The number of nitro benzene ring substituents is 1. The molecule has 0 bridgehead atoms. The fraction of sp³-hybridized carbons (Fsp3) is 0.333. The lowest BCUT2D eigenvalue weighted by molar-refractivity contribution is -0.385. The van der Waals surface area contributed by atoms with Gasteiger partial charge >= 0.3 is 0 Å². The first kappa shape index (κ1) is 8.96. The van der Waals surface area contributed by atoms with Crippen LogP contribution in [0.5, 0.6) is 5.75 Å². The van der Waals surface area contributed by atoms with E-state index in [4.69, 9.17) is 9.47 Å². The van der Waals surface area contributed by atoms with Gasteiger partial charge in [-0.05, 0) is 6.07 Å². The minimum atomic E-state index is -0.500. The molecule has 0 saturated carbocycles. The number of epoxide rings is 1. The topological polar surface area (TPSA) is 64.9 Å². The predicted molar refractivity (Wildman–Crippen MR) is 47.2 cm³/mol. The van der Waals surface area contributed by atoms with Crippen molar-refractivity contribution in [3.8, 4) is 5.75 Å². The van der Waals surface area contributed by atoms with E-state index >= 15 is 0 Å². The van der Waals surface area contributed by atoms with Gasteiger partial charge in [0.1, 0.15) is 24.5 Å². The van der Waals surface area contributed by atoms with Crippen LogP contribution < -0.4 is 4.74 Å². The Labute approximate surface area is 80.4 Å². The number of benzene rings is 1. The van der Waals surface area contributed by atoms with Gasteiger partial charge in [0.05, 0.1) is 11.5 Å². The number of hydrogen-bond acceptors (Lipinski definition) is 4. The minimum absolute atomic E-state index is 0.0841. The summed E-state index contributed by atoms with van der Waals surface area (Å²) in [7, 11) is 0.